The van der Waals surface area contributed by atoms with Gasteiger partial charge in [-0.3, -0.25) is 9.36 Å². The van der Waals surface area contributed by atoms with E-state index in [1.807, 2.05) is 18.2 Å². The zero-order chi connectivity index (χ0) is 15.6. The molecule has 6 heteroatoms. The highest BCUT2D eigenvalue weighted by molar-refractivity contribution is 7.62. The van der Waals surface area contributed by atoms with E-state index in [0.717, 1.165) is 5.39 Å². The Labute approximate surface area is 123 Å². The Balaban J connectivity index is 2.61. The number of pyridine rings is 1. The van der Waals surface area contributed by atoms with Gasteiger partial charge in [0.05, 0.1) is 12.2 Å². The molecule has 0 fully saturated rings. The van der Waals surface area contributed by atoms with Crippen LogP contribution in [0.3, 0.4) is 0 Å². The number of nitrogens with one attached hydrogen (secondary N) is 1. The van der Waals surface area contributed by atoms with E-state index in [0.29, 0.717) is 5.52 Å². The van der Waals surface area contributed by atoms with Gasteiger partial charge in [-0.05, 0) is 45.2 Å². The summed E-state index contributed by atoms with van der Waals surface area (Å²) >= 11 is 0. The average molecular weight is 309 g/mol. The van der Waals surface area contributed by atoms with Crippen LogP contribution in [0.15, 0.2) is 35.1 Å². The second-order valence-corrected chi connectivity index (χ2v) is 7.28. The third-order valence-electron chi connectivity index (χ3n) is 2.73. The maximum absolute atomic E-state index is 13.0. The highest BCUT2D eigenvalue weighted by atomic mass is 31.2. The van der Waals surface area contributed by atoms with Gasteiger partial charge in [0.15, 0.2) is 0 Å². The molecular formula is C15H20NO4P. The van der Waals surface area contributed by atoms with Crippen molar-refractivity contribution >= 4 is 23.8 Å². The van der Waals surface area contributed by atoms with E-state index in [2.05, 4.69) is 4.98 Å². The number of para-hydroxylation sites is 1. The molecule has 0 saturated heterocycles. The molecule has 2 aromatic rings. The molecule has 0 spiro atoms. The van der Waals surface area contributed by atoms with Gasteiger partial charge < -0.3 is 14.0 Å². The predicted octanol–water partition coefficient (Wildman–Crippen LogP) is 3.20. The Hall–Kier alpha value is -1.42. The Morgan fingerprint density at radius 1 is 1.05 bits per heavy atom. The average Bonchev–Trinajstić information content (AvgIpc) is 2.35. The summed E-state index contributed by atoms with van der Waals surface area (Å²) < 4.78 is 24.0. The molecule has 1 aromatic heterocycles. The van der Waals surface area contributed by atoms with Gasteiger partial charge in [-0.1, -0.05) is 18.2 Å². The molecule has 0 aliphatic carbocycles. The number of aromatic amines is 1. The zero-order valence-electron chi connectivity index (χ0n) is 12.6. The van der Waals surface area contributed by atoms with Crippen molar-refractivity contribution in [2.75, 3.05) is 0 Å². The Kier molecular flexibility index (Phi) is 4.67. The van der Waals surface area contributed by atoms with Crippen molar-refractivity contribution < 1.29 is 13.6 Å². The van der Waals surface area contributed by atoms with Crippen molar-refractivity contribution in [2.24, 2.45) is 0 Å². The fourth-order valence-electron chi connectivity index (χ4n) is 2.03. The maximum atomic E-state index is 13.0. The molecule has 114 valence electrons. The molecular weight excluding hydrogens is 289 g/mol. The molecule has 21 heavy (non-hydrogen) atoms. The fourth-order valence-corrected chi connectivity index (χ4v) is 4.02. The van der Waals surface area contributed by atoms with Crippen LogP contribution in [0.25, 0.3) is 10.9 Å². The van der Waals surface area contributed by atoms with Crippen LogP contribution >= 0.6 is 7.60 Å². The molecule has 1 aromatic carbocycles. The van der Waals surface area contributed by atoms with Crippen molar-refractivity contribution in [1.29, 1.82) is 0 Å². The molecule has 0 bridgehead atoms. The van der Waals surface area contributed by atoms with Gasteiger partial charge in [0.25, 0.3) is 5.56 Å². The van der Waals surface area contributed by atoms with E-state index in [9.17, 15) is 9.36 Å². The number of hydrogen-bond donors (Lipinski definition) is 1. The van der Waals surface area contributed by atoms with Gasteiger partial charge >= 0.3 is 7.60 Å². The first-order chi connectivity index (χ1) is 9.82. The number of aromatic nitrogens is 1. The first-order valence-electron chi connectivity index (χ1n) is 6.91. The molecule has 0 unspecified atom stereocenters. The lowest BCUT2D eigenvalue weighted by atomic mass is 10.2. The lowest BCUT2D eigenvalue weighted by Crippen LogP contribution is -2.30. The summed E-state index contributed by atoms with van der Waals surface area (Å²) in [6.45, 7) is 7.02. The number of hydrogen-bond acceptors (Lipinski definition) is 4. The third kappa shape index (κ3) is 3.62. The first-order valence-corrected chi connectivity index (χ1v) is 8.45. The van der Waals surface area contributed by atoms with Gasteiger partial charge in [-0.2, -0.15) is 0 Å². The smallest absolute Gasteiger partial charge is 0.321 e. The second kappa shape index (κ2) is 6.14. The monoisotopic (exact) mass is 309 g/mol. The van der Waals surface area contributed by atoms with E-state index < -0.39 is 13.2 Å². The highest BCUT2D eigenvalue weighted by Gasteiger charge is 2.33. The van der Waals surface area contributed by atoms with E-state index in [1.54, 1.807) is 39.8 Å². The maximum Gasteiger partial charge on any atom is 0.367 e. The molecule has 0 aliphatic heterocycles. The van der Waals surface area contributed by atoms with E-state index in [4.69, 9.17) is 9.05 Å². The molecule has 0 saturated carbocycles. The SMILES string of the molecule is CC(C)OP(=O)(OC(C)C)c1cc2ccccc2[nH]c1=O. The summed E-state index contributed by atoms with van der Waals surface area (Å²) in [5.41, 5.74) is 0.241. The Morgan fingerprint density at radius 2 is 1.62 bits per heavy atom. The molecule has 0 atom stereocenters. The molecule has 5 nitrogen and oxygen atoms in total. The van der Waals surface area contributed by atoms with Crippen LogP contribution in [-0.2, 0) is 13.6 Å². The minimum atomic E-state index is -3.67. The number of fused-ring (bicyclic) bond motifs is 1. The summed E-state index contributed by atoms with van der Waals surface area (Å²) in [4.78, 5) is 15.0. The van der Waals surface area contributed by atoms with Gasteiger partial charge in [-0.25, -0.2) is 0 Å². The van der Waals surface area contributed by atoms with Crippen LogP contribution in [0.2, 0.25) is 0 Å². The number of H-pyrrole nitrogens is 1. The predicted molar refractivity (Wildman–Crippen MR) is 84.3 cm³/mol. The lowest BCUT2D eigenvalue weighted by Gasteiger charge is -2.22. The largest absolute Gasteiger partial charge is 0.367 e. The lowest BCUT2D eigenvalue weighted by molar-refractivity contribution is 0.150. The normalized spacial score (nSPS) is 12.5. The van der Waals surface area contributed by atoms with Crippen LogP contribution in [-0.4, -0.2) is 17.2 Å². The van der Waals surface area contributed by atoms with Crippen molar-refractivity contribution in [3.8, 4) is 0 Å². The van der Waals surface area contributed by atoms with E-state index >= 15 is 0 Å². The summed E-state index contributed by atoms with van der Waals surface area (Å²) in [6.07, 6.45) is -0.638. The Bertz CT molecular complexity index is 722. The van der Waals surface area contributed by atoms with Gasteiger partial charge in [0.2, 0.25) is 0 Å². The fraction of sp³-hybridized carbons (Fsp3) is 0.400. The zero-order valence-corrected chi connectivity index (χ0v) is 13.5. The van der Waals surface area contributed by atoms with Crippen LogP contribution in [0, 0.1) is 0 Å². The number of benzene rings is 1. The molecule has 1 heterocycles. The van der Waals surface area contributed by atoms with Gasteiger partial charge in [0, 0.05) is 5.52 Å². The molecule has 0 amide bonds. The summed E-state index contributed by atoms with van der Waals surface area (Å²) in [6, 6.07) is 8.89. The van der Waals surface area contributed by atoms with E-state index in [-0.39, 0.29) is 17.5 Å². The van der Waals surface area contributed by atoms with Crippen LogP contribution in [0.1, 0.15) is 27.7 Å². The summed E-state index contributed by atoms with van der Waals surface area (Å²) in [7, 11) is -3.67. The van der Waals surface area contributed by atoms with Crippen LogP contribution in [0.4, 0.5) is 0 Å². The minimum Gasteiger partial charge on any atom is -0.321 e. The summed E-state index contributed by atoms with van der Waals surface area (Å²) in [5.74, 6) is 0. The molecule has 0 aliphatic rings. The van der Waals surface area contributed by atoms with Crippen molar-refractivity contribution in [3.63, 3.8) is 0 Å². The third-order valence-corrected chi connectivity index (χ3v) is 5.05. The van der Waals surface area contributed by atoms with Crippen molar-refractivity contribution in [2.45, 2.75) is 39.9 Å². The molecule has 0 radical (unpaired) electrons. The highest BCUT2D eigenvalue weighted by Crippen LogP contribution is 2.48. The van der Waals surface area contributed by atoms with Gasteiger partial charge in [-0.15, -0.1) is 0 Å². The summed E-state index contributed by atoms with van der Waals surface area (Å²) in [5, 5.41) is 0.829. The first kappa shape index (κ1) is 16.0. The topological polar surface area (TPSA) is 68.4 Å². The van der Waals surface area contributed by atoms with Crippen LogP contribution < -0.4 is 10.9 Å². The molecule has 1 N–H and O–H groups in total. The van der Waals surface area contributed by atoms with E-state index in [1.165, 1.54) is 0 Å². The molecule has 2 rings (SSSR count). The van der Waals surface area contributed by atoms with Crippen LogP contribution in [0.5, 0.6) is 0 Å². The van der Waals surface area contributed by atoms with Gasteiger partial charge in [0.1, 0.15) is 5.30 Å². The quantitative estimate of drug-likeness (QED) is 0.861. The standard InChI is InChI=1S/C15H20NO4P/c1-10(2)19-21(18,20-11(3)4)14-9-12-7-5-6-8-13(12)16-15(14)17/h5-11H,1-4H3,(H,16,17). The van der Waals surface area contributed by atoms with Crippen molar-refractivity contribution in [3.05, 3.63) is 40.7 Å². The van der Waals surface area contributed by atoms with Crippen molar-refractivity contribution in [1.82, 2.24) is 4.98 Å². The Morgan fingerprint density at radius 3 is 2.19 bits per heavy atom. The number of rotatable bonds is 5. The minimum absolute atomic E-state index is 0.0450. The second-order valence-electron chi connectivity index (χ2n) is 5.38.